The number of amides is 2. The Morgan fingerprint density at radius 2 is 1.79 bits per heavy atom. The van der Waals surface area contributed by atoms with E-state index >= 15 is 0 Å². The maximum absolute atomic E-state index is 14.3. The summed E-state index contributed by atoms with van der Waals surface area (Å²) < 4.78 is 30.9. The summed E-state index contributed by atoms with van der Waals surface area (Å²) in [5.41, 5.74) is 6.11. The molecule has 1 aromatic carbocycles. The number of urea groups is 1. The van der Waals surface area contributed by atoms with E-state index in [1.165, 1.54) is 17.2 Å². The summed E-state index contributed by atoms with van der Waals surface area (Å²) in [6, 6.07) is 2.77. The molecule has 0 saturated carbocycles. The van der Waals surface area contributed by atoms with Crippen LogP contribution in [0.15, 0.2) is 27.6 Å². The van der Waals surface area contributed by atoms with Crippen molar-refractivity contribution in [3.63, 3.8) is 0 Å². The van der Waals surface area contributed by atoms with Gasteiger partial charge in [0.25, 0.3) is 0 Å². The molecule has 1 atom stereocenters. The molecular weight excluding hydrogens is 391 g/mol. The molecule has 154 valence electrons. The van der Waals surface area contributed by atoms with Crippen molar-refractivity contribution in [2.24, 2.45) is 9.50 Å². The summed E-state index contributed by atoms with van der Waals surface area (Å²) in [5, 5.41) is 8.64. The van der Waals surface area contributed by atoms with Gasteiger partial charge in [-0.15, -0.1) is 4.36 Å². The molecule has 0 spiro atoms. The molecule has 0 fully saturated rings. The van der Waals surface area contributed by atoms with Gasteiger partial charge in [0.1, 0.15) is 14.8 Å². The zero-order valence-corrected chi connectivity index (χ0v) is 17.4. The van der Waals surface area contributed by atoms with Crippen molar-refractivity contribution >= 4 is 21.6 Å². The number of anilines is 1. The highest BCUT2D eigenvalue weighted by molar-refractivity contribution is 7.91. The van der Waals surface area contributed by atoms with Crippen LogP contribution in [0.3, 0.4) is 0 Å². The second kappa shape index (κ2) is 7.50. The monoisotopic (exact) mass is 416 g/mol. The smallest absolute Gasteiger partial charge is 0.305 e. The van der Waals surface area contributed by atoms with E-state index in [0.29, 0.717) is 5.69 Å². The van der Waals surface area contributed by atoms with Crippen molar-refractivity contribution in [1.29, 1.82) is 0 Å². The van der Waals surface area contributed by atoms with Gasteiger partial charge in [0.15, 0.2) is 5.82 Å². The highest BCUT2D eigenvalue weighted by Crippen LogP contribution is 2.38. The van der Waals surface area contributed by atoms with E-state index in [0.717, 1.165) is 61.5 Å². The summed E-state index contributed by atoms with van der Waals surface area (Å²) in [6.07, 6.45) is 6.85. The van der Waals surface area contributed by atoms with E-state index < -0.39 is 21.8 Å². The Hall–Kier alpha value is -2.32. The van der Waals surface area contributed by atoms with Gasteiger partial charge < -0.3 is 5.32 Å². The Bertz CT molecular complexity index is 1090. The van der Waals surface area contributed by atoms with E-state index in [1.807, 2.05) is 13.8 Å². The third kappa shape index (κ3) is 3.79. The van der Waals surface area contributed by atoms with Gasteiger partial charge in [0, 0.05) is 11.4 Å². The number of hydrogen-bond donors (Lipinski definition) is 2. The quantitative estimate of drug-likeness (QED) is 0.782. The molecule has 0 radical (unpaired) electrons. The van der Waals surface area contributed by atoms with Crippen LogP contribution in [0.25, 0.3) is 0 Å². The topological polar surface area (TPSA) is 97.4 Å². The first-order valence-corrected chi connectivity index (χ1v) is 11.5. The molecule has 2 aliphatic rings. The molecule has 4 rings (SSSR count). The van der Waals surface area contributed by atoms with E-state index in [-0.39, 0.29) is 10.8 Å². The molecule has 3 N–H and O–H groups in total. The molecule has 29 heavy (non-hydrogen) atoms. The summed E-state index contributed by atoms with van der Waals surface area (Å²) in [5.74, 6) is -0.840. The van der Waals surface area contributed by atoms with Crippen molar-refractivity contribution in [1.82, 2.24) is 4.98 Å². The van der Waals surface area contributed by atoms with Crippen molar-refractivity contribution in [3.05, 3.63) is 52.1 Å². The van der Waals surface area contributed by atoms with Gasteiger partial charge in [0.2, 0.25) is 0 Å². The minimum atomic E-state index is -3.75. The van der Waals surface area contributed by atoms with Crippen LogP contribution in [-0.4, -0.2) is 15.2 Å². The number of hydrogen-bond acceptors (Lipinski definition) is 3. The lowest BCUT2D eigenvalue weighted by Crippen LogP contribution is -2.20. The van der Waals surface area contributed by atoms with Gasteiger partial charge in [0.05, 0.1) is 6.20 Å². The average molecular weight is 417 g/mol. The molecule has 0 unspecified atom stereocenters. The maximum Gasteiger partial charge on any atom is 0.354 e. The number of benzene rings is 1. The molecule has 0 saturated heterocycles. The fourth-order valence-corrected chi connectivity index (χ4v) is 5.26. The number of nitrogens with one attached hydrogen (secondary N) is 1. The third-order valence-corrected chi connectivity index (χ3v) is 7.05. The van der Waals surface area contributed by atoms with Crippen molar-refractivity contribution in [2.45, 2.75) is 63.2 Å². The highest BCUT2D eigenvalue weighted by atomic mass is 32.2. The summed E-state index contributed by atoms with van der Waals surface area (Å²) in [7, 11) is -3.75. The number of nitrogens with two attached hydrogens (primary N) is 1. The fraction of sp³-hybridized carbons (Fsp3) is 0.429. The van der Waals surface area contributed by atoms with E-state index in [4.69, 9.17) is 5.14 Å². The van der Waals surface area contributed by atoms with Gasteiger partial charge in [-0.3, -0.25) is 4.98 Å². The Morgan fingerprint density at radius 3 is 2.38 bits per heavy atom. The van der Waals surface area contributed by atoms with E-state index in [2.05, 4.69) is 20.7 Å². The second-order valence-corrected chi connectivity index (χ2v) is 9.78. The second-order valence-electron chi connectivity index (χ2n) is 8.02. The molecule has 2 aromatic rings. The van der Waals surface area contributed by atoms with Crippen LogP contribution in [0.4, 0.5) is 14.9 Å². The predicted octanol–water partition coefficient (Wildman–Crippen LogP) is 4.25. The van der Waals surface area contributed by atoms with Crippen LogP contribution in [0.5, 0.6) is 0 Å². The minimum absolute atomic E-state index is 0.00660. The number of pyridine rings is 1. The van der Waals surface area contributed by atoms with Crippen LogP contribution < -0.4 is 10.5 Å². The van der Waals surface area contributed by atoms with Crippen molar-refractivity contribution < 1.29 is 13.4 Å². The lowest BCUT2D eigenvalue weighted by molar-refractivity contribution is 0.260. The minimum Gasteiger partial charge on any atom is -0.305 e. The Kier molecular flexibility index (Phi) is 5.16. The lowest BCUT2D eigenvalue weighted by Gasteiger charge is -2.15. The molecular formula is C21H25FN4O2S. The molecule has 0 bridgehead atoms. The van der Waals surface area contributed by atoms with Crippen LogP contribution in [0, 0.1) is 5.82 Å². The van der Waals surface area contributed by atoms with Crippen molar-refractivity contribution in [3.8, 4) is 0 Å². The molecule has 2 aliphatic carbocycles. The molecule has 1 heterocycles. The number of carbonyl (C=O) groups excluding carboxylic acids is 1. The molecule has 0 aliphatic heterocycles. The highest BCUT2D eigenvalue weighted by Gasteiger charge is 2.25. The number of aryl methyl sites for hydroxylation is 2. The predicted molar refractivity (Wildman–Crippen MR) is 111 cm³/mol. The summed E-state index contributed by atoms with van der Waals surface area (Å²) in [4.78, 5) is 16.3. The molecule has 1 aromatic heterocycles. The van der Waals surface area contributed by atoms with Gasteiger partial charge in [-0.05, 0) is 72.8 Å². The standard InChI is InChI=1S/C21H25FN4O2S/c1-12(2)18-10-19(17(22)11-24-18)29(23,28)26-21(27)25-20-15-7-3-5-13(15)9-14-6-4-8-16(14)20/h9-12H,3-8H2,1-2H3,(H3,23,25,26,27,28)/t29-/m1/s1. The number of nitrogens with zero attached hydrogens (tertiary/aromatic N) is 2. The Morgan fingerprint density at radius 1 is 1.17 bits per heavy atom. The maximum atomic E-state index is 14.3. The van der Waals surface area contributed by atoms with Gasteiger partial charge in [-0.1, -0.05) is 19.9 Å². The first-order valence-electron chi connectivity index (χ1n) is 9.94. The summed E-state index contributed by atoms with van der Waals surface area (Å²) >= 11 is 0. The Balaban J connectivity index is 1.70. The zero-order chi connectivity index (χ0) is 20.8. The number of fused-ring (bicyclic) bond motifs is 2. The summed E-state index contributed by atoms with van der Waals surface area (Å²) in [6.45, 7) is 3.76. The largest absolute Gasteiger partial charge is 0.354 e. The third-order valence-electron chi connectivity index (χ3n) is 5.67. The van der Waals surface area contributed by atoms with E-state index in [9.17, 15) is 13.4 Å². The van der Waals surface area contributed by atoms with Crippen LogP contribution in [0.1, 0.15) is 60.6 Å². The molecule has 8 heteroatoms. The normalized spacial score (nSPS) is 17.0. The first-order chi connectivity index (χ1) is 13.8. The van der Waals surface area contributed by atoms with Crippen LogP contribution in [-0.2, 0) is 35.6 Å². The average Bonchev–Trinajstić information content (AvgIpc) is 3.30. The number of rotatable bonds is 3. The Labute approximate surface area is 170 Å². The lowest BCUT2D eigenvalue weighted by atomic mass is 9.99. The zero-order valence-electron chi connectivity index (χ0n) is 16.6. The van der Waals surface area contributed by atoms with Gasteiger partial charge >= 0.3 is 6.03 Å². The molecule has 6 nitrogen and oxygen atoms in total. The van der Waals surface area contributed by atoms with Gasteiger partial charge in [-0.25, -0.2) is 18.5 Å². The number of halogens is 1. The van der Waals surface area contributed by atoms with Crippen molar-refractivity contribution in [2.75, 3.05) is 5.32 Å². The van der Waals surface area contributed by atoms with Crippen LogP contribution in [0.2, 0.25) is 0 Å². The number of aromatic nitrogens is 1. The SMILES string of the molecule is CC(C)c1cc([S@](N)(=O)=NC(=O)Nc2c3c(cc4c2CCC4)CCC3)c(F)cn1. The van der Waals surface area contributed by atoms with Crippen LogP contribution >= 0.6 is 0 Å². The van der Waals surface area contributed by atoms with Gasteiger partial charge in [-0.2, -0.15) is 0 Å². The first kappa shape index (κ1) is 20.0. The van der Waals surface area contributed by atoms with E-state index in [1.54, 1.807) is 0 Å². The fourth-order valence-electron chi connectivity index (χ4n) is 4.24. The molecule has 2 amide bonds. The number of carbonyl (C=O) groups is 1.